The summed E-state index contributed by atoms with van der Waals surface area (Å²) >= 11 is 1.36. The van der Waals surface area contributed by atoms with Crippen LogP contribution in [0.25, 0.3) is 0 Å². The summed E-state index contributed by atoms with van der Waals surface area (Å²) in [5, 5.41) is 12.7. The van der Waals surface area contributed by atoms with Crippen molar-refractivity contribution in [2.75, 3.05) is 6.26 Å². The van der Waals surface area contributed by atoms with Crippen molar-refractivity contribution < 1.29 is 0 Å². The van der Waals surface area contributed by atoms with Crippen LogP contribution >= 0.6 is 11.8 Å². The Morgan fingerprint density at radius 3 is 2.71 bits per heavy atom. The molecule has 17 heavy (non-hydrogen) atoms. The molecule has 0 radical (unpaired) electrons. The zero-order chi connectivity index (χ0) is 12.8. The minimum absolute atomic E-state index is 0.0542. The zero-order valence-corrected chi connectivity index (χ0v) is 11.5. The molecule has 0 unspecified atom stereocenters. The number of hydrogen-bond acceptors (Lipinski definition) is 5. The van der Waals surface area contributed by atoms with Gasteiger partial charge in [0.05, 0.1) is 0 Å². The van der Waals surface area contributed by atoms with E-state index in [1.807, 2.05) is 20.1 Å². The van der Waals surface area contributed by atoms with Gasteiger partial charge in [-0.15, -0.1) is 10.2 Å². The molecule has 0 fully saturated rings. The van der Waals surface area contributed by atoms with Crippen molar-refractivity contribution in [2.24, 2.45) is 5.10 Å². The average molecular weight is 254 g/mol. The van der Waals surface area contributed by atoms with Crippen LogP contribution in [0.3, 0.4) is 0 Å². The van der Waals surface area contributed by atoms with Gasteiger partial charge < -0.3 is 0 Å². The summed E-state index contributed by atoms with van der Waals surface area (Å²) in [7, 11) is 0. The molecule has 0 aliphatic carbocycles. The third-order valence-corrected chi connectivity index (χ3v) is 2.80. The fourth-order valence-corrected chi connectivity index (χ4v) is 1.66. The molecule has 1 aromatic heterocycles. The van der Waals surface area contributed by atoms with Crippen LogP contribution in [0.5, 0.6) is 0 Å². The Bertz CT molecular complexity index is 453. The first-order valence-electron chi connectivity index (χ1n) is 5.68. The summed E-state index contributed by atoms with van der Waals surface area (Å²) in [4.78, 5) is 12.1. The van der Waals surface area contributed by atoms with Crippen LogP contribution in [0, 0.1) is 0 Å². The van der Waals surface area contributed by atoms with E-state index in [0.29, 0.717) is 10.9 Å². The first-order chi connectivity index (χ1) is 8.11. The molecule has 0 bridgehead atoms. The van der Waals surface area contributed by atoms with Crippen molar-refractivity contribution in [2.45, 2.75) is 44.7 Å². The monoisotopic (exact) mass is 254 g/mol. The van der Waals surface area contributed by atoms with E-state index < -0.39 is 0 Å². The van der Waals surface area contributed by atoms with Crippen molar-refractivity contribution >= 4 is 18.0 Å². The molecule has 0 aliphatic heterocycles. The second-order valence-corrected chi connectivity index (χ2v) is 4.70. The van der Waals surface area contributed by atoms with E-state index in [2.05, 4.69) is 22.2 Å². The lowest BCUT2D eigenvalue weighted by Gasteiger charge is -2.07. The average Bonchev–Trinajstić information content (AvgIpc) is 2.30. The van der Waals surface area contributed by atoms with Crippen molar-refractivity contribution in [3.05, 3.63) is 16.0 Å². The van der Waals surface area contributed by atoms with Crippen molar-refractivity contribution in [3.8, 4) is 0 Å². The number of aromatic nitrogens is 3. The molecule has 1 heterocycles. The van der Waals surface area contributed by atoms with E-state index >= 15 is 0 Å². The second kappa shape index (κ2) is 6.54. The highest BCUT2D eigenvalue weighted by Crippen LogP contribution is 2.11. The van der Waals surface area contributed by atoms with Crippen LogP contribution in [-0.2, 0) is 0 Å². The smallest absolute Gasteiger partial charge is 0.265 e. The molecule has 0 spiro atoms. The Morgan fingerprint density at radius 1 is 1.47 bits per heavy atom. The molecule has 0 aliphatic rings. The van der Waals surface area contributed by atoms with E-state index in [0.717, 1.165) is 12.8 Å². The molecule has 0 atom stereocenters. The number of hydrogen-bond donors (Lipinski definition) is 0. The van der Waals surface area contributed by atoms with Gasteiger partial charge in [-0.05, 0) is 12.7 Å². The maximum Gasteiger partial charge on any atom is 0.297 e. The summed E-state index contributed by atoms with van der Waals surface area (Å²) < 4.78 is 1.34. The lowest BCUT2D eigenvalue weighted by molar-refractivity contribution is 0.603. The third kappa shape index (κ3) is 3.39. The summed E-state index contributed by atoms with van der Waals surface area (Å²) in [5.74, 6) is 0.0542. The summed E-state index contributed by atoms with van der Waals surface area (Å²) in [6.07, 6.45) is 5.44. The van der Waals surface area contributed by atoms with Gasteiger partial charge in [0.1, 0.15) is 5.69 Å². The lowest BCUT2D eigenvalue weighted by atomic mass is 10.1. The Morgan fingerprint density at radius 2 is 2.18 bits per heavy atom. The van der Waals surface area contributed by atoms with Crippen LogP contribution in [0.2, 0.25) is 0 Å². The van der Waals surface area contributed by atoms with Crippen LogP contribution in [0.1, 0.15) is 45.2 Å². The van der Waals surface area contributed by atoms with Gasteiger partial charge in [0.2, 0.25) is 5.16 Å². The van der Waals surface area contributed by atoms with Crippen LogP contribution in [-0.4, -0.2) is 27.3 Å². The Balaban J connectivity index is 3.23. The van der Waals surface area contributed by atoms with E-state index in [9.17, 15) is 4.79 Å². The molecule has 6 heteroatoms. The normalized spacial score (nSPS) is 11.6. The summed E-state index contributed by atoms with van der Waals surface area (Å²) in [6, 6.07) is 0. The fraction of sp³-hybridized carbons (Fsp3) is 0.636. The van der Waals surface area contributed by atoms with Crippen molar-refractivity contribution in [1.82, 2.24) is 14.9 Å². The molecule has 0 aromatic carbocycles. The Kier molecular flexibility index (Phi) is 5.34. The molecule has 0 saturated carbocycles. The van der Waals surface area contributed by atoms with E-state index in [-0.39, 0.29) is 11.5 Å². The van der Waals surface area contributed by atoms with E-state index in [1.54, 1.807) is 6.21 Å². The van der Waals surface area contributed by atoms with Crippen LogP contribution < -0.4 is 5.56 Å². The van der Waals surface area contributed by atoms with Gasteiger partial charge in [0.15, 0.2) is 0 Å². The molecule has 1 aromatic rings. The minimum Gasteiger partial charge on any atom is -0.265 e. The number of rotatable bonds is 5. The Labute approximate surface area is 105 Å². The molecule has 94 valence electrons. The highest BCUT2D eigenvalue weighted by Gasteiger charge is 2.13. The standard InChI is InChI=1S/C11H18N4OS/c1-5-6-7-12-15-10(16)9(8(2)3)13-14-11(15)17-4/h7-8H,5-6H2,1-4H3. The van der Waals surface area contributed by atoms with E-state index in [4.69, 9.17) is 0 Å². The van der Waals surface area contributed by atoms with Gasteiger partial charge in [-0.2, -0.15) is 9.78 Å². The highest BCUT2D eigenvalue weighted by atomic mass is 32.2. The number of nitrogens with zero attached hydrogens (tertiary/aromatic N) is 4. The van der Waals surface area contributed by atoms with Gasteiger partial charge in [0, 0.05) is 12.1 Å². The largest absolute Gasteiger partial charge is 0.297 e. The predicted molar refractivity (Wildman–Crippen MR) is 71.0 cm³/mol. The molecule has 5 nitrogen and oxygen atoms in total. The van der Waals surface area contributed by atoms with E-state index in [1.165, 1.54) is 16.4 Å². The second-order valence-electron chi connectivity index (χ2n) is 3.93. The number of thioether (sulfide) groups is 1. The topological polar surface area (TPSA) is 60.1 Å². The zero-order valence-electron chi connectivity index (χ0n) is 10.7. The van der Waals surface area contributed by atoms with Gasteiger partial charge in [-0.25, -0.2) is 0 Å². The molecular formula is C11H18N4OS. The molecule has 0 N–H and O–H groups in total. The fourth-order valence-electron chi connectivity index (χ4n) is 1.24. The lowest BCUT2D eigenvalue weighted by Crippen LogP contribution is -2.26. The first-order valence-corrected chi connectivity index (χ1v) is 6.90. The first kappa shape index (κ1) is 13.9. The van der Waals surface area contributed by atoms with Gasteiger partial charge >= 0.3 is 0 Å². The minimum atomic E-state index is -0.174. The highest BCUT2D eigenvalue weighted by molar-refractivity contribution is 7.98. The SMILES string of the molecule is CCCC=Nn1c(SC)nnc(C(C)C)c1=O. The summed E-state index contributed by atoms with van der Waals surface area (Å²) in [5.41, 5.74) is 0.281. The molecule has 0 amide bonds. The van der Waals surface area contributed by atoms with Crippen LogP contribution in [0.15, 0.2) is 15.1 Å². The van der Waals surface area contributed by atoms with Gasteiger partial charge in [0.25, 0.3) is 5.56 Å². The quantitative estimate of drug-likeness (QED) is 0.596. The number of unbranched alkanes of at least 4 members (excludes halogenated alkanes) is 1. The van der Waals surface area contributed by atoms with Crippen LogP contribution in [0.4, 0.5) is 0 Å². The maximum atomic E-state index is 12.1. The molecular weight excluding hydrogens is 236 g/mol. The maximum absolute atomic E-state index is 12.1. The van der Waals surface area contributed by atoms with Crippen molar-refractivity contribution in [3.63, 3.8) is 0 Å². The van der Waals surface area contributed by atoms with Gasteiger partial charge in [-0.1, -0.05) is 39.0 Å². The third-order valence-electron chi connectivity index (χ3n) is 2.18. The molecule has 0 saturated heterocycles. The van der Waals surface area contributed by atoms with Gasteiger partial charge in [-0.3, -0.25) is 4.79 Å². The summed E-state index contributed by atoms with van der Waals surface area (Å²) in [6.45, 7) is 5.91. The van der Waals surface area contributed by atoms with Crippen molar-refractivity contribution in [1.29, 1.82) is 0 Å². The predicted octanol–water partition coefficient (Wildman–Crippen LogP) is 2.12. The molecule has 1 rings (SSSR count). The Hall–Kier alpha value is -1.17.